The largest absolute Gasteiger partial charge is 0.224 e. The summed E-state index contributed by atoms with van der Waals surface area (Å²) in [5, 5.41) is 2.45. The lowest BCUT2D eigenvalue weighted by molar-refractivity contribution is 0.426. The predicted molar refractivity (Wildman–Crippen MR) is 113 cm³/mol. The van der Waals surface area contributed by atoms with Gasteiger partial charge in [-0.15, -0.1) is 0 Å². The first kappa shape index (κ1) is 19.0. The fourth-order valence-corrected chi connectivity index (χ4v) is 3.11. The molecule has 3 heteroatoms. The molecular weight excluding hydrogens is 353 g/mol. The zero-order chi connectivity index (χ0) is 19.4. The molecule has 3 rings (SSSR count). The Labute approximate surface area is 165 Å². The van der Waals surface area contributed by atoms with E-state index in [1.54, 1.807) is 6.07 Å². The fourth-order valence-electron chi connectivity index (χ4n) is 3.00. The highest BCUT2D eigenvalue weighted by atomic mass is 32.1. The zero-order valence-corrected chi connectivity index (χ0v) is 16.4. The molecule has 0 N–H and O–H groups in total. The summed E-state index contributed by atoms with van der Waals surface area (Å²) in [5.41, 5.74) is 4.01. The molecule has 0 radical (unpaired) electrons. The topological polar surface area (TPSA) is 12.4 Å². The van der Waals surface area contributed by atoms with Gasteiger partial charge in [0.25, 0.3) is 0 Å². The van der Waals surface area contributed by atoms with Crippen LogP contribution in [0, 0.1) is 30.0 Å². The second kappa shape index (κ2) is 7.84. The first-order valence-electron chi connectivity index (χ1n) is 8.76. The van der Waals surface area contributed by atoms with Crippen molar-refractivity contribution in [3.63, 3.8) is 0 Å². The maximum Gasteiger partial charge on any atom is 0.139 e. The van der Waals surface area contributed by atoms with E-state index in [4.69, 9.17) is 12.2 Å². The minimum Gasteiger partial charge on any atom is -0.224 e. The molecule has 1 aliphatic carbocycles. The highest BCUT2D eigenvalue weighted by molar-refractivity contribution is 7.78. The molecule has 1 nitrogen and oxygen atoms in total. The predicted octanol–water partition coefficient (Wildman–Crippen LogP) is 5.98. The molecular formula is C24H20FNS. The number of benzene rings is 2. The van der Waals surface area contributed by atoms with Gasteiger partial charge in [-0.2, -0.15) is 0 Å². The molecule has 0 heterocycles. The van der Waals surface area contributed by atoms with Crippen LogP contribution >= 0.6 is 12.2 Å². The molecule has 1 aliphatic rings. The van der Waals surface area contributed by atoms with Crippen LogP contribution in [0.3, 0.4) is 0 Å². The normalized spacial score (nSPS) is 17.3. The quantitative estimate of drug-likeness (QED) is 0.358. The maximum atomic E-state index is 14.6. The van der Waals surface area contributed by atoms with Crippen LogP contribution in [-0.2, 0) is 0 Å². The van der Waals surface area contributed by atoms with Crippen molar-refractivity contribution in [3.05, 3.63) is 88.8 Å². The number of thiocarbonyl (C=S) groups is 1. The van der Waals surface area contributed by atoms with Crippen molar-refractivity contribution in [2.45, 2.75) is 26.8 Å². The summed E-state index contributed by atoms with van der Waals surface area (Å²) in [7, 11) is 0. The Morgan fingerprint density at radius 2 is 1.81 bits per heavy atom. The zero-order valence-electron chi connectivity index (χ0n) is 15.6. The number of nitrogens with zero attached hydrogens (tertiary/aromatic N) is 1. The van der Waals surface area contributed by atoms with E-state index in [0.717, 1.165) is 16.7 Å². The standard InChI is InChI=1S/C24H20FNS/c1-17-4-6-18(7-5-17)8-9-19-10-11-20(14-22(19)25)21-12-13-23(26-16-27)24(2,3)15-21/h4-7,10-15,23H,1-3H3. The van der Waals surface area contributed by atoms with Gasteiger partial charge in [-0.3, -0.25) is 0 Å². The highest BCUT2D eigenvalue weighted by Gasteiger charge is 2.28. The van der Waals surface area contributed by atoms with E-state index in [-0.39, 0.29) is 17.3 Å². The van der Waals surface area contributed by atoms with Crippen LogP contribution in [0.4, 0.5) is 4.39 Å². The van der Waals surface area contributed by atoms with Crippen molar-refractivity contribution in [3.8, 4) is 11.8 Å². The lowest BCUT2D eigenvalue weighted by Crippen LogP contribution is -2.26. The minimum absolute atomic E-state index is 0.0526. The molecule has 0 bridgehead atoms. The summed E-state index contributed by atoms with van der Waals surface area (Å²) in [6.45, 7) is 6.18. The average molecular weight is 373 g/mol. The first-order chi connectivity index (χ1) is 12.9. The van der Waals surface area contributed by atoms with Crippen LogP contribution in [-0.4, -0.2) is 11.2 Å². The highest BCUT2D eigenvalue weighted by Crippen LogP contribution is 2.35. The number of rotatable bonds is 2. The molecule has 2 aromatic rings. The van der Waals surface area contributed by atoms with Gasteiger partial charge < -0.3 is 0 Å². The number of hydrogen-bond acceptors (Lipinski definition) is 2. The number of aliphatic imine (C=N–C) groups is 1. The monoisotopic (exact) mass is 373 g/mol. The van der Waals surface area contributed by atoms with Crippen LogP contribution in [0.2, 0.25) is 0 Å². The van der Waals surface area contributed by atoms with Gasteiger partial charge in [-0.25, -0.2) is 9.38 Å². The number of isothiocyanates is 1. The summed E-state index contributed by atoms with van der Waals surface area (Å²) >= 11 is 4.72. The Balaban J connectivity index is 1.87. The van der Waals surface area contributed by atoms with Crippen molar-refractivity contribution in [2.24, 2.45) is 10.4 Å². The van der Waals surface area contributed by atoms with E-state index in [0.29, 0.717) is 5.56 Å². The number of halogens is 1. The van der Waals surface area contributed by atoms with Crippen LogP contribution < -0.4 is 0 Å². The Morgan fingerprint density at radius 3 is 2.44 bits per heavy atom. The Kier molecular flexibility index (Phi) is 5.51. The fraction of sp³-hybridized carbons (Fsp3) is 0.208. The molecule has 0 amide bonds. The maximum absolute atomic E-state index is 14.6. The summed E-state index contributed by atoms with van der Waals surface area (Å²) in [5.74, 6) is 5.61. The van der Waals surface area contributed by atoms with Crippen LogP contribution in [0.5, 0.6) is 0 Å². The third-order valence-electron chi connectivity index (χ3n) is 4.64. The van der Waals surface area contributed by atoms with Gasteiger partial charge in [-0.1, -0.05) is 67.7 Å². The minimum atomic E-state index is -0.321. The third-order valence-corrected chi connectivity index (χ3v) is 4.74. The van der Waals surface area contributed by atoms with Crippen molar-refractivity contribution >= 4 is 23.0 Å². The van der Waals surface area contributed by atoms with Gasteiger partial charge in [0.05, 0.1) is 16.8 Å². The van der Waals surface area contributed by atoms with Crippen LogP contribution in [0.15, 0.2) is 65.7 Å². The molecule has 134 valence electrons. The van der Waals surface area contributed by atoms with Crippen molar-refractivity contribution in [1.29, 1.82) is 0 Å². The molecule has 0 aliphatic heterocycles. The van der Waals surface area contributed by atoms with Crippen molar-refractivity contribution in [2.75, 3.05) is 0 Å². The molecule has 0 saturated heterocycles. The summed E-state index contributed by atoms with van der Waals surface area (Å²) in [4.78, 5) is 4.20. The Hall–Kier alpha value is -2.79. The van der Waals surface area contributed by atoms with Gasteiger partial charge >= 0.3 is 0 Å². The lowest BCUT2D eigenvalue weighted by Gasteiger charge is -2.29. The molecule has 0 saturated carbocycles. The Bertz CT molecular complexity index is 1030. The number of aryl methyl sites for hydroxylation is 1. The van der Waals surface area contributed by atoms with E-state index >= 15 is 0 Å². The summed E-state index contributed by atoms with van der Waals surface area (Å²) in [6.07, 6.45) is 6.04. The van der Waals surface area contributed by atoms with Gasteiger partial charge in [0.1, 0.15) is 5.82 Å². The molecule has 0 fully saturated rings. The SMILES string of the molecule is Cc1ccc(C#Cc2ccc(C3=CC(C)(C)C(N=C=S)C=C3)cc2F)cc1. The van der Waals surface area contributed by atoms with Gasteiger partial charge in [0, 0.05) is 11.0 Å². The van der Waals surface area contributed by atoms with Crippen LogP contribution in [0.25, 0.3) is 5.57 Å². The van der Waals surface area contributed by atoms with E-state index in [9.17, 15) is 4.39 Å². The van der Waals surface area contributed by atoms with Crippen LogP contribution in [0.1, 0.15) is 36.1 Å². The van der Waals surface area contributed by atoms with E-state index < -0.39 is 0 Å². The number of hydrogen-bond donors (Lipinski definition) is 0. The van der Waals surface area contributed by atoms with Gasteiger partial charge in [0.2, 0.25) is 0 Å². The average Bonchev–Trinajstić information content (AvgIpc) is 2.63. The summed E-state index contributed by atoms with van der Waals surface area (Å²) in [6, 6.07) is 13.0. The van der Waals surface area contributed by atoms with Gasteiger partial charge in [0.15, 0.2) is 0 Å². The summed E-state index contributed by atoms with van der Waals surface area (Å²) < 4.78 is 14.6. The number of allylic oxidation sites excluding steroid dienone is 2. The van der Waals surface area contributed by atoms with E-state index in [1.807, 2.05) is 49.4 Å². The molecule has 1 atom stereocenters. The molecule has 0 spiro atoms. The van der Waals surface area contributed by atoms with Crippen molar-refractivity contribution < 1.29 is 4.39 Å². The molecule has 2 aromatic carbocycles. The second-order valence-electron chi connectivity index (χ2n) is 7.26. The van der Waals surface area contributed by atoms with Crippen molar-refractivity contribution in [1.82, 2.24) is 0 Å². The van der Waals surface area contributed by atoms with Gasteiger partial charge in [-0.05, 0) is 54.5 Å². The lowest BCUT2D eigenvalue weighted by atomic mass is 9.78. The third kappa shape index (κ3) is 4.49. The molecule has 1 unspecified atom stereocenters. The second-order valence-corrected chi connectivity index (χ2v) is 7.44. The van der Waals surface area contributed by atoms with E-state index in [1.165, 1.54) is 11.6 Å². The Morgan fingerprint density at radius 1 is 1.07 bits per heavy atom. The molecule has 0 aromatic heterocycles. The van der Waals surface area contributed by atoms with E-state index in [2.05, 4.69) is 41.9 Å². The molecule has 27 heavy (non-hydrogen) atoms. The first-order valence-corrected chi connectivity index (χ1v) is 9.16. The smallest absolute Gasteiger partial charge is 0.139 e.